The topological polar surface area (TPSA) is 57.6 Å². The van der Waals surface area contributed by atoms with Crippen molar-refractivity contribution in [3.63, 3.8) is 0 Å². The Hall–Kier alpha value is -0.390. The first-order valence-corrected chi connectivity index (χ1v) is 5.78. The van der Waals surface area contributed by atoms with E-state index < -0.39 is 10.0 Å². The third-order valence-corrected chi connectivity index (χ3v) is 3.56. The first-order valence-electron chi connectivity index (χ1n) is 4.17. The molecular weight excluding hydrogens is 190 g/mol. The molecule has 0 aromatic rings. The van der Waals surface area contributed by atoms with Crippen LogP contribution in [0, 0.1) is 0 Å². The quantitative estimate of drug-likeness (QED) is 0.633. The second-order valence-corrected chi connectivity index (χ2v) is 4.96. The minimum Gasteiger partial charge on any atom is -0.395 e. The van der Waals surface area contributed by atoms with Crippen LogP contribution in [0.1, 0.15) is 13.8 Å². The van der Waals surface area contributed by atoms with E-state index in [0.29, 0.717) is 0 Å². The molecule has 0 rings (SSSR count). The molecule has 0 saturated carbocycles. The van der Waals surface area contributed by atoms with E-state index in [-0.39, 0.29) is 24.9 Å². The van der Waals surface area contributed by atoms with Gasteiger partial charge in [-0.15, -0.1) is 6.58 Å². The van der Waals surface area contributed by atoms with Crippen LogP contribution in [0.25, 0.3) is 0 Å². The molecule has 4 nitrogen and oxygen atoms in total. The average molecular weight is 207 g/mol. The molecule has 0 saturated heterocycles. The summed E-state index contributed by atoms with van der Waals surface area (Å²) in [6.07, 6.45) is 1.35. The third-order valence-electron chi connectivity index (χ3n) is 1.58. The van der Waals surface area contributed by atoms with Gasteiger partial charge in [-0.05, 0) is 13.8 Å². The van der Waals surface area contributed by atoms with Crippen LogP contribution in [0.15, 0.2) is 12.7 Å². The second kappa shape index (κ2) is 5.36. The Labute approximate surface area is 79.9 Å². The van der Waals surface area contributed by atoms with E-state index in [1.807, 2.05) is 0 Å². The Balaban J connectivity index is 4.62. The molecule has 5 heteroatoms. The van der Waals surface area contributed by atoms with Gasteiger partial charge in [-0.2, -0.15) is 4.31 Å². The van der Waals surface area contributed by atoms with Gasteiger partial charge in [0.05, 0.1) is 12.4 Å². The van der Waals surface area contributed by atoms with E-state index in [1.165, 1.54) is 10.4 Å². The molecule has 0 spiro atoms. The summed E-state index contributed by atoms with van der Waals surface area (Å²) in [5, 5.41) is 8.69. The standard InChI is InChI=1S/C8H17NO3S/c1-4-7-13(11,12)9(5-6-10)8(2)3/h4,8,10H,1,5-7H2,2-3H3. The van der Waals surface area contributed by atoms with Gasteiger partial charge in [0.2, 0.25) is 10.0 Å². The lowest BCUT2D eigenvalue weighted by Crippen LogP contribution is -2.39. The van der Waals surface area contributed by atoms with Crippen LogP contribution in [0.3, 0.4) is 0 Å². The number of aliphatic hydroxyl groups is 1. The van der Waals surface area contributed by atoms with Gasteiger partial charge in [0.15, 0.2) is 0 Å². The van der Waals surface area contributed by atoms with E-state index in [4.69, 9.17) is 5.11 Å². The molecule has 0 heterocycles. The van der Waals surface area contributed by atoms with Crippen LogP contribution in [0.2, 0.25) is 0 Å². The van der Waals surface area contributed by atoms with Crippen LogP contribution in [-0.2, 0) is 10.0 Å². The molecule has 0 bridgehead atoms. The molecule has 0 amide bonds. The number of sulfonamides is 1. The highest BCUT2D eigenvalue weighted by Crippen LogP contribution is 2.06. The normalized spacial score (nSPS) is 12.4. The van der Waals surface area contributed by atoms with E-state index in [9.17, 15) is 8.42 Å². The highest BCUT2D eigenvalue weighted by Gasteiger charge is 2.22. The minimum atomic E-state index is -3.28. The maximum atomic E-state index is 11.5. The molecule has 0 radical (unpaired) electrons. The number of nitrogens with zero attached hydrogens (tertiary/aromatic N) is 1. The zero-order chi connectivity index (χ0) is 10.5. The maximum absolute atomic E-state index is 11.5. The van der Waals surface area contributed by atoms with Gasteiger partial charge in [0.25, 0.3) is 0 Å². The summed E-state index contributed by atoms with van der Waals surface area (Å²) >= 11 is 0. The van der Waals surface area contributed by atoms with Crippen LogP contribution < -0.4 is 0 Å². The number of rotatable bonds is 6. The molecule has 78 valence electrons. The zero-order valence-electron chi connectivity index (χ0n) is 8.10. The van der Waals surface area contributed by atoms with Crippen LogP contribution in [-0.4, -0.2) is 42.8 Å². The first kappa shape index (κ1) is 12.6. The van der Waals surface area contributed by atoms with Crippen LogP contribution in [0.4, 0.5) is 0 Å². The Morgan fingerprint density at radius 1 is 1.54 bits per heavy atom. The van der Waals surface area contributed by atoms with Crippen molar-refractivity contribution in [1.29, 1.82) is 0 Å². The fourth-order valence-electron chi connectivity index (χ4n) is 1.06. The van der Waals surface area contributed by atoms with Gasteiger partial charge < -0.3 is 5.11 Å². The van der Waals surface area contributed by atoms with Crippen molar-refractivity contribution in [3.05, 3.63) is 12.7 Å². The summed E-state index contributed by atoms with van der Waals surface area (Å²) in [7, 11) is -3.28. The summed E-state index contributed by atoms with van der Waals surface area (Å²) < 4.78 is 24.3. The molecule has 0 aliphatic rings. The first-order chi connectivity index (χ1) is 5.95. The third kappa shape index (κ3) is 3.89. The lowest BCUT2D eigenvalue weighted by Gasteiger charge is -2.24. The molecular formula is C8H17NO3S. The van der Waals surface area contributed by atoms with Gasteiger partial charge in [-0.25, -0.2) is 8.42 Å². The molecule has 13 heavy (non-hydrogen) atoms. The van der Waals surface area contributed by atoms with E-state index in [1.54, 1.807) is 13.8 Å². The summed E-state index contributed by atoms with van der Waals surface area (Å²) in [6, 6.07) is -0.128. The van der Waals surface area contributed by atoms with Gasteiger partial charge in [-0.1, -0.05) is 6.08 Å². The van der Waals surface area contributed by atoms with Crippen molar-refractivity contribution < 1.29 is 13.5 Å². The van der Waals surface area contributed by atoms with Gasteiger partial charge in [0.1, 0.15) is 0 Å². The monoisotopic (exact) mass is 207 g/mol. The van der Waals surface area contributed by atoms with Crippen molar-refractivity contribution in [2.75, 3.05) is 18.9 Å². The zero-order valence-corrected chi connectivity index (χ0v) is 8.92. The molecule has 0 aliphatic heterocycles. The Morgan fingerprint density at radius 3 is 2.38 bits per heavy atom. The molecule has 0 atom stereocenters. The Morgan fingerprint density at radius 2 is 2.08 bits per heavy atom. The van der Waals surface area contributed by atoms with Crippen molar-refractivity contribution >= 4 is 10.0 Å². The van der Waals surface area contributed by atoms with E-state index >= 15 is 0 Å². The van der Waals surface area contributed by atoms with Crippen LogP contribution >= 0.6 is 0 Å². The summed E-state index contributed by atoms with van der Waals surface area (Å²) in [4.78, 5) is 0. The van der Waals surface area contributed by atoms with Crippen molar-refractivity contribution in [2.45, 2.75) is 19.9 Å². The summed E-state index contributed by atoms with van der Waals surface area (Å²) in [6.45, 7) is 6.92. The largest absolute Gasteiger partial charge is 0.395 e. The Bertz CT molecular complexity index is 246. The van der Waals surface area contributed by atoms with Crippen molar-refractivity contribution in [2.24, 2.45) is 0 Å². The van der Waals surface area contributed by atoms with E-state index in [2.05, 4.69) is 6.58 Å². The van der Waals surface area contributed by atoms with Crippen molar-refractivity contribution in [1.82, 2.24) is 4.31 Å². The smallest absolute Gasteiger partial charge is 0.217 e. The van der Waals surface area contributed by atoms with Gasteiger partial charge >= 0.3 is 0 Å². The van der Waals surface area contributed by atoms with Crippen molar-refractivity contribution in [3.8, 4) is 0 Å². The molecule has 0 aromatic carbocycles. The average Bonchev–Trinajstić information content (AvgIpc) is 1.99. The number of aliphatic hydroxyl groups excluding tert-OH is 1. The lowest BCUT2D eigenvalue weighted by molar-refractivity contribution is 0.237. The summed E-state index contributed by atoms with van der Waals surface area (Å²) in [5.74, 6) is -0.0782. The molecule has 1 N–H and O–H groups in total. The van der Waals surface area contributed by atoms with Crippen LogP contribution in [0.5, 0.6) is 0 Å². The van der Waals surface area contributed by atoms with E-state index in [0.717, 1.165) is 0 Å². The highest BCUT2D eigenvalue weighted by atomic mass is 32.2. The number of hydrogen-bond donors (Lipinski definition) is 1. The molecule has 0 aromatic heterocycles. The predicted molar refractivity (Wildman–Crippen MR) is 52.9 cm³/mol. The fraction of sp³-hybridized carbons (Fsp3) is 0.750. The molecule has 0 fully saturated rings. The molecule has 0 unspecified atom stereocenters. The van der Waals surface area contributed by atoms with Gasteiger partial charge in [0, 0.05) is 12.6 Å². The minimum absolute atomic E-state index is 0.0782. The fourth-order valence-corrected chi connectivity index (χ4v) is 2.55. The van der Waals surface area contributed by atoms with Gasteiger partial charge in [-0.3, -0.25) is 0 Å². The predicted octanol–water partition coefficient (Wildman–Crippen LogP) is 0.205. The SMILES string of the molecule is C=CCS(=O)(=O)N(CCO)C(C)C. The Kier molecular flexibility index (Phi) is 5.20. The maximum Gasteiger partial charge on any atom is 0.217 e. The molecule has 0 aliphatic carbocycles. The lowest BCUT2D eigenvalue weighted by atomic mass is 10.4. The highest BCUT2D eigenvalue weighted by molar-refractivity contribution is 7.89. The summed E-state index contributed by atoms with van der Waals surface area (Å²) in [5.41, 5.74) is 0. The number of hydrogen-bond acceptors (Lipinski definition) is 3. The second-order valence-electron chi connectivity index (χ2n) is 3.00.